The number of imide groups is 1. The normalized spacial score (nSPS) is 28.7. The van der Waals surface area contributed by atoms with Crippen LogP contribution in [-0.4, -0.2) is 66.0 Å². The van der Waals surface area contributed by atoms with Gasteiger partial charge >= 0.3 is 0 Å². The van der Waals surface area contributed by atoms with Gasteiger partial charge in [-0.3, -0.25) is 14.5 Å². The van der Waals surface area contributed by atoms with Gasteiger partial charge in [-0.25, -0.2) is 0 Å². The summed E-state index contributed by atoms with van der Waals surface area (Å²) in [5.74, 6) is -0.996. The number of nitrogens with zero attached hydrogens (tertiary/aromatic N) is 3. The van der Waals surface area contributed by atoms with Crippen molar-refractivity contribution in [1.29, 1.82) is 0 Å². The van der Waals surface area contributed by atoms with Crippen molar-refractivity contribution in [3.63, 3.8) is 0 Å². The summed E-state index contributed by atoms with van der Waals surface area (Å²) in [7, 11) is -2.06. The second kappa shape index (κ2) is 6.38. The molecule has 2 amide bonds. The Balaban J connectivity index is 2.34. The summed E-state index contributed by atoms with van der Waals surface area (Å²) in [6, 6.07) is -0.822. The Kier molecular flexibility index (Phi) is 5.14. The Morgan fingerprint density at radius 1 is 1.33 bits per heavy atom. The van der Waals surface area contributed by atoms with E-state index < -0.39 is 27.6 Å². The Labute approximate surface area is 145 Å². The first-order chi connectivity index (χ1) is 10.9. The van der Waals surface area contributed by atoms with Crippen molar-refractivity contribution in [3.8, 4) is 0 Å². The first kappa shape index (κ1) is 19.3. The van der Waals surface area contributed by atoms with E-state index in [1.807, 2.05) is 6.92 Å². The highest BCUT2D eigenvalue weighted by molar-refractivity contribution is 7.86. The van der Waals surface area contributed by atoms with Crippen LogP contribution in [0.2, 0.25) is 0 Å². The molecule has 0 unspecified atom stereocenters. The van der Waals surface area contributed by atoms with Crippen molar-refractivity contribution in [2.45, 2.75) is 59.5 Å². The predicted octanol–water partition coefficient (Wildman–Crippen LogP) is 1.07. The zero-order valence-corrected chi connectivity index (χ0v) is 16.3. The Hall–Kier alpha value is -0.990. The van der Waals surface area contributed by atoms with Crippen LogP contribution in [0.4, 0.5) is 0 Å². The van der Waals surface area contributed by atoms with E-state index in [2.05, 4.69) is 0 Å². The summed E-state index contributed by atoms with van der Waals surface area (Å²) in [6.45, 7) is 9.76. The van der Waals surface area contributed by atoms with Gasteiger partial charge in [0, 0.05) is 25.6 Å². The van der Waals surface area contributed by atoms with Crippen LogP contribution >= 0.6 is 0 Å². The molecule has 8 heteroatoms. The molecule has 2 aliphatic rings. The molecule has 0 N–H and O–H groups in total. The van der Waals surface area contributed by atoms with Gasteiger partial charge in [-0.05, 0) is 12.8 Å². The average molecular weight is 359 g/mol. The van der Waals surface area contributed by atoms with Crippen molar-refractivity contribution >= 4 is 22.0 Å². The number of likely N-dealkylation sites (tertiary alicyclic amines) is 1. The smallest absolute Gasteiger partial charge is 0.277 e. The van der Waals surface area contributed by atoms with E-state index in [1.54, 1.807) is 34.7 Å². The van der Waals surface area contributed by atoms with Gasteiger partial charge in [0.25, 0.3) is 10.2 Å². The molecule has 2 rings (SSSR count). The van der Waals surface area contributed by atoms with E-state index in [4.69, 9.17) is 0 Å². The first-order valence-corrected chi connectivity index (χ1v) is 9.95. The molecule has 138 valence electrons. The summed E-state index contributed by atoms with van der Waals surface area (Å²) in [5, 5.41) is 0. The highest BCUT2D eigenvalue weighted by Gasteiger charge is 2.58. The number of fused-ring (bicyclic) bond motifs is 1. The summed E-state index contributed by atoms with van der Waals surface area (Å²) < 4.78 is 28.4. The van der Waals surface area contributed by atoms with Crippen LogP contribution in [-0.2, 0) is 19.8 Å². The molecule has 0 spiro atoms. The molecule has 0 aromatic carbocycles. The minimum atomic E-state index is -3.62. The lowest BCUT2D eigenvalue weighted by Crippen LogP contribution is -2.49. The molecule has 2 saturated heterocycles. The van der Waals surface area contributed by atoms with E-state index in [9.17, 15) is 18.0 Å². The van der Waals surface area contributed by atoms with Gasteiger partial charge in [0.1, 0.15) is 0 Å². The number of carbonyl (C=O) groups is 2. The predicted molar refractivity (Wildman–Crippen MR) is 91.2 cm³/mol. The summed E-state index contributed by atoms with van der Waals surface area (Å²) in [5.41, 5.74) is -0.671. The third-order valence-electron chi connectivity index (χ3n) is 4.93. The molecular formula is C16H29N3O4S. The molecule has 24 heavy (non-hydrogen) atoms. The van der Waals surface area contributed by atoms with Crippen LogP contribution in [0.25, 0.3) is 0 Å². The third kappa shape index (κ3) is 2.99. The molecule has 2 fully saturated rings. The fraction of sp³-hybridized carbons (Fsp3) is 0.875. The maximum absolute atomic E-state index is 12.8. The largest absolute Gasteiger partial charge is 0.282 e. The van der Waals surface area contributed by atoms with Gasteiger partial charge < -0.3 is 0 Å². The lowest BCUT2D eigenvalue weighted by molar-refractivity contribution is -0.150. The molecule has 2 heterocycles. The van der Waals surface area contributed by atoms with Crippen molar-refractivity contribution in [2.24, 2.45) is 11.3 Å². The minimum Gasteiger partial charge on any atom is -0.277 e. The number of rotatable bonds is 4. The summed E-state index contributed by atoms with van der Waals surface area (Å²) >= 11 is 0. The quantitative estimate of drug-likeness (QED) is 0.752. The zero-order valence-electron chi connectivity index (χ0n) is 15.4. The van der Waals surface area contributed by atoms with Gasteiger partial charge in [0.2, 0.25) is 11.8 Å². The van der Waals surface area contributed by atoms with Gasteiger partial charge in [-0.2, -0.15) is 17.0 Å². The number of carbonyl (C=O) groups excluding carboxylic acids is 2. The van der Waals surface area contributed by atoms with E-state index >= 15 is 0 Å². The fourth-order valence-electron chi connectivity index (χ4n) is 3.66. The van der Waals surface area contributed by atoms with Crippen molar-refractivity contribution in [2.75, 3.05) is 20.1 Å². The minimum absolute atomic E-state index is 0.229. The fourth-order valence-corrected chi connectivity index (χ4v) is 5.39. The Bertz CT molecular complexity index is 626. The highest BCUT2D eigenvalue weighted by Crippen LogP contribution is 2.40. The Morgan fingerprint density at radius 2 is 1.92 bits per heavy atom. The monoisotopic (exact) mass is 359 g/mol. The topological polar surface area (TPSA) is 78.0 Å². The van der Waals surface area contributed by atoms with E-state index in [0.29, 0.717) is 19.5 Å². The van der Waals surface area contributed by atoms with Crippen LogP contribution in [0.5, 0.6) is 0 Å². The van der Waals surface area contributed by atoms with Crippen LogP contribution < -0.4 is 0 Å². The summed E-state index contributed by atoms with van der Waals surface area (Å²) in [6.07, 6.45) is 1.22. The third-order valence-corrected chi connectivity index (χ3v) is 6.92. The van der Waals surface area contributed by atoms with Gasteiger partial charge in [-0.15, -0.1) is 0 Å². The van der Waals surface area contributed by atoms with Gasteiger partial charge in [0.05, 0.1) is 18.0 Å². The lowest BCUT2D eigenvalue weighted by atomic mass is 9.94. The maximum Gasteiger partial charge on any atom is 0.282 e. The number of hydrogen-bond donors (Lipinski definition) is 0. The maximum atomic E-state index is 12.8. The van der Waals surface area contributed by atoms with Crippen LogP contribution in [0, 0.1) is 11.3 Å². The van der Waals surface area contributed by atoms with E-state index in [-0.39, 0.29) is 17.9 Å². The average Bonchev–Trinajstić information content (AvgIpc) is 2.99. The molecular weight excluding hydrogens is 330 g/mol. The van der Waals surface area contributed by atoms with E-state index in [1.165, 1.54) is 13.5 Å². The van der Waals surface area contributed by atoms with Crippen LogP contribution in [0.1, 0.15) is 47.5 Å². The lowest BCUT2D eigenvalue weighted by Gasteiger charge is -2.30. The van der Waals surface area contributed by atoms with Crippen LogP contribution in [0.3, 0.4) is 0 Å². The number of hydrogen-bond acceptors (Lipinski definition) is 4. The van der Waals surface area contributed by atoms with Gasteiger partial charge in [-0.1, -0.05) is 34.6 Å². The first-order valence-electron chi connectivity index (χ1n) is 8.55. The van der Waals surface area contributed by atoms with Crippen molar-refractivity contribution in [1.82, 2.24) is 13.5 Å². The standard InChI is InChI=1S/C16H29N3O4S/c1-7-9-17(6)24(22,23)18-10-8-12-13(18)11(2)14(20)19(12)15(21)16(3,4)5/h11-13H,7-10H2,1-6H3/t11-,12-,13+/m0/s1. The summed E-state index contributed by atoms with van der Waals surface area (Å²) in [4.78, 5) is 26.7. The van der Waals surface area contributed by atoms with Gasteiger partial charge in [0.15, 0.2) is 0 Å². The van der Waals surface area contributed by atoms with E-state index in [0.717, 1.165) is 6.42 Å². The number of amides is 2. The molecule has 7 nitrogen and oxygen atoms in total. The Morgan fingerprint density at radius 3 is 2.42 bits per heavy atom. The molecule has 2 aliphatic heterocycles. The molecule has 0 saturated carbocycles. The molecule has 0 radical (unpaired) electrons. The second-order valence-corrected chi connectivity index (χ2v) is 9.83. The van der Waals surface area contributed by atoms with Crippen LogP contribution in [0.15, 0.2) is 0 Å². The molecule has 0 aliphatic carbocycles. The molecule has 0 aromatic rings. The molecule has 0 bridgehead atoms. The second-order valence-electron chi connectivity index (χ2n) is 7.84. The molecule has 0 aromatic heterocycles. The van der Waals surface area contributed by atoms with Crippen molar-refractivity contribution < 1.29 is 18.0 Å². The SMILES string of the molecule is CCCN(C)S(=O)(=O)N1CC[C@H]2[C@H]1[C@H](C)C(=O)N2C(=O)C(C)(C)C. The van der Waals surface area contributed by atoms with Crippen molar-refractivity contribution in [3.05, 3.63) is 0 Å². The zero-order chi connectivity index (χ0) is 18.4. The highest BCUT2D eigenvalue weighted by atomic mass is 32.2. The molecule has 3 atom stereocenters.